The topological polar surface area (TPSA) is 114 Å². The molecular weight excluding hydrogens is 362 g/mol. The molecule has 2 aliphatic rings. The van der Waals surface area contributed by atoms with Gasteiger partial charge in [-0.1, -0.05) is 0 Å². The highest BCUT2D eigenvalue weighted by Crippen LogP contribution is 2.43. The lowest BCUT2D eigenvalue weighted by molar-refractivity contribution is -0.155. The third kappa shape index (κ3) is 2.59. The van der Waals surface area contributed by atoms with Gasteiger partial charge in [0.2, 0.25) is 5.91 Å². The van der Waals surface area contributed by atoms with E-state index >= 15 is 0 Å². The van der Waals surface area contributed by atoms with Crippen molar-refractivity contribution in [3.63, 3.8) is 0 Å². The Morgan fingerprint density at radius 2 is 2.40 bits per heavy atom. The van der Waals surface area contributed by atoms with Crippen molar-refractivity contribution in [2.75, 3.05) is 18.1 Å². The van der Waals surface area contributed by atoms with Crippen LogP contribution < -0.4 is 5.73 Å². The smallest absolute Gasteiger partial charge is 0.313 e. The number of carbonyl (C=O) groups is 2. The van der Waals surface area contributed by atoms with Gasteiger partial charge >= 0.3 is 5.97 Å². The van der Waals surface area contributed by atoms with Crippen LogP contribution in [0.15, 0.2) is 23.4 Å². The van der Waals surface area contributed by atoms with Crippen molar-refractivity contribution >= 4 is 41.0 Å². The van der Waals surface area contributed by atoms with Crippen LogP contribution >= 0.6 is 23.5 Å². The second-order valence-corrected chi connectivity index (χ2v) is 8.51. The van der Waals surface area contributed by atoms with E-state index in [2.05, 4.69) is 10.1 Å². The van der Waals surface area contributed by atoms with Crippen LogP contribution in [0.4, 0.5) is 0 Å². The minimum absolute atomic E-state index is 0.0917. The van der Waals surface area contributed by atoms with E-state index in [0.29, 0.717) is 11.5 Å². The van der Waals surface area contributed by atoms with Gasteiger partial charge < -0.3 is 15.7 Å². The van der Waals surface area contributed by atoms with Crippen molar-refractivity contribution < 1.29 is 14.7 Å². The number of rotatable bonds is 4. The number of aliphatic carboxylic acids is 1. The summed E-state index contributed by atoms with van der Waals surface area (Å²) in [7, 11) is 0. The fraction of sp³-hybridized carbons (Fsp3) is 0.467. The molecular formula is C15H17N5O3S2. The summed E-state index contributed by atoms with van der Waals surface area (Å²) in [5.74, 6) is -0.271. The molecule has 2 fully saturated rings. The van der Waals surface area contributed by atoms with Crippen LogP contribution in [-0.4, -0.2) is 65.9 Å². The Labute approximate surface area is 152 Å². The zero-order chi connectivity index (χ0) is 17.8. The van der Waals surface area contributed by atoms with Gasteiger partial charge in [-0.05, 0) is 13.0 Å². The van der Waals surface area contributed by atoms with Crippen molar-refractivity contribution in [1.82, 2.24) is 19.5 Å². The van der Waals surface area contributed by atoms with Crippen LogP contribution in [0.1, 0.15) is 5.69 Å². The lowest BCUT2D eigenvalue weighted by Crippen LogP contribution is -2.72. The van der Waals surface area contributed by atoms with Crippen molar-refractivity contribution in [2.45, 2.75) is 23.4 Å². The molecule has 3 atom stereocenters. The van der Waals surface area contributed by atoms with Gasteiger partial charge in [-0.3, -0.25) is 9.59 Å². The van der Waals surface area contributed by atoms with Crippen LogP contribution in [0.3, 0.4) is 0 Å². The Balaban J connectivity index is 1.58. The summed E-state index contributed by atoms with van der Waals surface area (Å²) in [6, 6.07) is 3.20. The lowest BCUT2D eigenvalue weighted by Gasteiger charge is -2.52. The Bertz CT molecular complexity index is 872. The first-order chi connectivity index (χ1) is 11.9. The average Bonchev–Trinajstić information content (AvgIpc) is 3.06. The Hall–Kier alpha value is -1.78. The predicted molar refractivity (Wildman–Crippen MR) is 94.5 cm³/mol. The third-order valence-corrected chi connectivity index (χ3v) is 7.48. The quantitative estimate of drug-likeness (QED) is 0.447. The van der Waals surface area contributed by atoms with Crippen LogP contribution in [0.2, 0.25) is 0 Å². The second-order valence-electron chi connectivity index (χ2n) is 6.40. The first-order valence-corrected chi connectivity index (χ1v) is 9.80. The van der Waals surface area contributed by atoms with Gasteiger partial charge in [0, 0.05) is 29.8 Å². The van der Waals surface area contributed by atoms with E-state index in [1.807, 2.05) is 19.1 Å². The molecule has 2 saturated heterocycles. The van der Waals surface area contributed by atoms with E-state index in [-0.39, 0.29) is 17.8 Å². The Kier molecular flexibility index (Phi) is 3.93. The molecule has 2 aromatic rings. The number of nitrogens with zero attached hydrogens (tertiary/aromatic N) is 4. The number of amides is 1. The summed E-state index contributed by atoms with van der Waals surface area (Å²) in [5.41, 5.74) is 6.37. The molecule has 132 valence electrons. The standard InChI is InChI=1S/C15H17N5O3S2/c1-8-4-10(20-9(18-8)2-3-17-20)24-6-15(14(22)23)5-19-12(21)11(16)13(19)25-7-15/h2-4,11,13H,5-7,16H2,1H3,(H,22,23)/t11?,13-,15?/m1/s1. The molecule has 2 unspecified atom stereocenters. The molecule has 0 radical (unpaired) electrons. The van der Waals surface area contributed by atoms with Gasteiger partial charge in [0.25, 0.3) is 0 Å². The maximum atomic E-state index is 12.0. The highest BCUT2D eigenvalue weighted by atomic mass is 32.2. The van der Waals surface area contributed by atoms with Gasteiger partial charge in [-0.25, -0.2) is 9.50 Å². The zero-order valence-electron chi connectivity index (χ0n) is 13.5. The van der Waals surface area contributed by atoms with E-state index in [9.17, 15) is 14.7 Å². The summed E-state index contributed by atoms with van der Waals surface area (Å²) in [6.07, 6.45) is 1.67. The second kappa shape index (κ2) is 5.89. The molecule has 0 spiro atoms. The first kappa shape index (κ1) is 16.7. The molecule has 3 N–H and O–H groups in total. The third-order valence-electron chi connectivity index (χ3n) is 4.59. The number of fused-ring (bicyclic) bond motifs is 2. The fourth-order valence-corrected chi connectivity index (χ4v) is 6.00. The fourth-order valence-electron chi connectivity index (χ4n) is 3.13. The average molecular weight is 379 g/mol. The number of carbonyl (C=O) groups excluding carboxylic acids is 1. The van der Waals surface area contributed by atoms with Gasteiger partial charge in [0.1, 0.15) is 21.9 Å². The number of thioether (sulfide) groups is 2. The number of β-lactam (4-membered cyclic amide) rings is 1. The highest BCUT2D eigenvalue weighted by molar-refractivity contribution is 8.00. The molecule has 4 rings (SSSR count). The normalized spacial score (nSPS) is 28.7. The van der Waals surface area contributed by atoms with Crippen LogP contribution in [0, 0.1) is 12.3 Å². The number of aryl methyl sites for hydroxylation is 1. The van der Waals surface area contributed by atoms with Gasteiger partial charge in [-0.2, -0.15) is 5.10 Å². The summed E-state index contributed by atoms with van der Waals surface area (Å²) in [5, 5.41) is 14.8. The predicted octanol–water partition coefficient (Wildman–Crippen LogP) is 0.443. The number of hydrogen-bond acceptors (Lipinski definition) is 7. The Morgan fingerprint density at radius 1 is 1.60 bits per heavy atom. The van der Waals surface area contributed by atoms with Crippen LogP contribution in [-0.2, 0) is 9.59 Å². The van der Waals surface area contributed by atoms with Gasteiger partial charge in [0.05, 0.1) is 6.20 Å². The number of carboxylic acids is 1. The molecule has 2 aliphatic heterocycles. The van der Waals surface area contributed by atoms with Crippen LogP contribution in [0.5, 0.6) is 0 Å². The van der Waals surface area contributed by atoms with E-state index < -0.39 is 17.4 Å². The van der Waals surface area contributed by atoms with Crippen molar-refractivity contribution in [1.29, 1.82) is 0 Å². The minimum atomic E-state index is -1.00. The number of aromatic nitrogens is 3. The highest BCUT2D eigenvalue weighted by Gasteiger charge is 2.55. The first-order valence-electron chi connectivity index (χ1n) is 7.77. The molecule has 4 heterocycles. The molecule has 0 saturated carbocycles. The lowest BCUT2D eigenvalue weighted by atomic mass is 9.89. The molecule has 8 nitrogen and oxygen atoms in total. The van der Waals surface area contributed by atoms with E-state index in [4.69, 9.17) is 5.73 Å². The summed E-state index contributed by atoms with van der Waals surface area (Å²) < 4.78 is 1.71. The zero-order valence-corrected chi connectivity index (χ0v) is 15.1. The van der Waals surface area contributed by atoms with Crippen molar-refractivity contribution in [2.24, 2.45) is 11.1 Å². The molecule has 1 amide bonds. The molecule has 10 heteroatoms. The van der Waals surface area contributed by atoms with Crippen LogP contribution in [0.25, 0.3) is 5.65 Å². The molecule has 2 aromatic heterocycles. The SMILES string of the molecule is Cc1cc(SCC2(C(=O)O)CS[C@@H]3C(N)C(=O)N3C2)n2nccc2n1. The number of carboxylic acid groups (broad SMARTS) is 1. The summed E-state index contributed by atoms with van der Waals surface area (Å²) in [6.45, 7) is 2.09. The minimum Gasteiger partial charge on any atom is -0.481 e. The largest absolute Gasteiger partial charge is 0.481 e. The molecule has 0 aromatic carbocycles. The van der Waals surface area contributed by atoms with Gasteiger partial charge in [-0.15, -0.1) is 23.5 Å². The number of nitrogens with two attached hydrogens (primary N) is 1. The van der Waals surface area contributed by atoms with E-state index in [0.717, 1.165) is 16.4 Å². The molecule has 25 heavy (non-hydrogen) atoms. The van der Waals surface area contributed by atoms with Crippen molar-refractivity contribution in [3.8, 4) is 0 Å². The summed E-state index contributed by atoms with van der Waals surface area (Å²) >= 11 is 2.88. The molecule has 0 bridgehead atoms. The maximum Gasteiger partial charge on any atom is 0.313 e. The van der Waals surface area contributed by atoms with E-state index in [1.165, 1.54) is 23.5 Å². The van der Waals surface area contributed by atoms with Crippen molar-refractivity contribution in [3.05, 3.63) is 24.0 Å². The Morgan fingerprint density at radius 3 is 3.16 bits per heavy atom. The number of hydrogen-bond donors (Lipinski definition) is 2. The van der Waals surface area contributed by atoms with E-state index in [1.54, 1.807) is 15.6 Å². The maximum absolute atomic E-state index is 12.0. The van der Waals surface area contributed by atoms with Gasteiger partial charge in [0.15, 0.2) is 5.65 Å². The summed E-state index contributed by atoms with van der Waals surface area (Å²) in [4.78, 5) is 29.9. The molecule has 0 aliphatic carbocycles. The monoisotopic (exact) mass is 379 g/mol.